The van der Waals surface area contributed by atoms with Gasteiger partial charge in [-0.1, -0.05) is 33.6 Å². The zero-order chi connectivity index (χ0) is 11.5. The van der Waals surface area contributed by atoms with E-state index in [4.69, 9.17) is 11.6 Å². The molecule has 1 amide bonds. The lowest BCUT2D eigenvalue weighted by molar-refractivity contribution is -0.119. The van der Waals surface area contributed by atoms with Gasteiger partial charge in [0.25, 0.3) is 0 Å². The Morgan fingerprint density at radius 2 is 2.38 bits per heavy atom. The highest BCUT2D eigenvalue weighted by Gasteiger charge is 2.20. The van der Waals surface area contributed by atoms with E-state index < -0.39 is 0 Å². The van der Waals surface area contributed by atoms with Crippen molar-refractivity contribution in [3.63, 3.8) is 0 Å². The molecule has 1 aliphatic heterocycles. The second kappa shape index (κ2) is 5.17. The quantitative estimate of drug-likeness (QED) is 0.897. The first-order chi connectivity index (χ1) is 7.65. The normalized spacial score (nSPS) is 19.9. The number of hydrogen-bond donors (Lipinski definition) is 2. The Kier molecular flexibility index (Phi) is 3.84. The molecule has 16 heavy (non-hydrogen) atoms. The Bertz CT molecular complexity index is 411. The first kappa shape index (κ1) is 11.9. The Hall–Kier alpha value is -0.580. The van der Waals surface area contributed by atoms with Crippen LogP contribution in [0.5, 0.6) is 0 Å². The fraction of sp³-hybridized carbons (Fsp3) is 0.364. The molecule has 1 heterocycles. The summed E-state index contributed by atoms with van der Waals surface area (Å²) in [6.07, 6.45) is 0.561. The summed E-state index contributed by atoms with van der Waals surface area (Å²) >= 11 is 9.32. The standard InChI is InChI=1S/C11H12BrClN2O/c12-10-3-8(13)2-1-7(10)5-14-9-4-11(16)15-6-9/h1-3,9,14H,4-6H2,(H,15,16). The van der Waals surface area contributed by atoms with E-state index in [2.05, 4.69) is 26.6 Å². The van der Waals surface area contributed by atoms with Crippen molar-refractivity contribution < 1.29 is 4.79 Å². The highest BCUT2D eigenvalue weighted by Crippen LogP contribution is 2.21. The fourth-order valence-corrected chi connectivity index (χ4v) is 2.49. The van der Waals surface area contributed by atoms with Crippen LogP contribution in [0.3, 0.4) is 0 Å². The maximum atomic E-state index is 11.0. The van der Waals surface area contributed by atoms with Crippen molar-refractivity contribution in [2.45, 2.75) is 19.0 Å². The van der Waals surface area contributed by atoms with Crippen molar-refractivity contribution in [2.24, 2.45) is 0 Å². The molecule has 0 saturated carbocycles. The molecule has 1 fully saturated rings. The van der Waals surface area contributed by atoms with Crippen LogP contribution in [0.2, 0.25) is 5.02 Å². The number of carbonyl (C=O) groups excluding carboxylic acids is 1. The van der Waals surface area contributed by atoms with Gasteiger partial charge in [0.1, 0.15) is 0 Å². The van der Waals surface area contributed by atoms with Crippen LogP contribution < -0.4 is 10.6 Å². The maximum absolute atomic E-state index is 11.0. The number of nitrogens with one attached hydrogen (secondary N) is 2. The van der Waals surface area contributed by atoms with Gasteiger partial charge in [-0.15, -0.1) is 0 Å². The smallest absolute Gasteiger partial charge is 0.221 e. The van der Waals surface area contributed by atoms with Crippen LogP contribution in [0, 0.1) is 0 Å². The van der Waals surface area contributed by atoms with Gasteiger partial charge in [-0.2, -0.15) is 0 Å². The third kappa shape index (κ3) is 2.97. The van der Waals surface area contributed by atoms with Crippen LogP contribution in [0.25, 0.3) is 0 Å². The summed E-state index contributed by atoms with van der Waals surface area (Å²) < 4.78 is 0.991. The van der Waals surface area contributed by atoms with Gasteiger partial charge in [-0.05, 0) is 17.7 Å². The summed E-state index contributed by atoms with van der Waals surface area (Å²) in [5.41, 5.74) is 1.14. The van der Waals surface area contributed by atoms with Gasteiger partial charge in [0.05, 0.1) is 0 Å². The van der Waals surface area contributed by atoms with E-state index in [1.165, 1.54) is 0 Å². The van der Waals surface area contributed by atoms with Crippen molar-refractivity contribution in [3.8, 4) is 0 Å². The van der Waals surface area contributed by atoms with Gasteiger partial charge in [0.2, 0.25) is 5.91 Å². The molecule has 0 aromatic heterocycles. The summed E-state index contributed by atoms with van der Waals surface area (Å²) in [4.78, 5) is 11.0. The minimum absolute atomic E-state index is 0.118. The molecule has 2 rings (SSSR count). The molecule has 0 spiro atoms. The van der Waals surface area contributed by atoms with Crippen LogP contribution in [0.15, 0.2) is 22.7 Å². The Morgan fingerprint density at radius 1 is 1.56 bits per heavy atom. The van der Waals surface area contributed by atoms with Crippen molar-refractivity contribution in [1.29, 1.82) is 0 Å². The maximum Gasteiger partial charge on any atom is 0.221 e. The second-order valence-corrected chi connectivity index (χ2v) is 5.11. The van der Waals surface area contributed by atoms with E-state index in [-0.39, 0.29) is 11.9 Å². The van der Waals surface area contributed by atoms with Crippen molar-refractivity contribution >= 4 is 33.4 Å². The fourth-order valence-electron chi connectivity index (χ4n) is 1.67. The van der Waals surface area contributed by atoms with Gasteiger partial charge < -0.3 is 10.6 Å². The Labute approximate surface area is 108 Å². The van der Waals surface area contributed by atoms with Crippen molar-refractivity contribution in [2.75, 3.05) is 6.54 Å². The van der Waals surface area contributed by atoms with E-state index in [1.807, 2.05) is 18.2 Å². The Morgan fingerprint density at radius 3 is 3.00 bits per heavy atom. The number of rotatable bonds is 3. The van der Waals surface area contributed by atoms with E-state index in [0.29, 0.717) is 18.0 Å². The summed E-state index contributed by atoms with van der Waals surface area (Å²) in [7, 11) is 0. The first-order valence-electron chi connectivity index (χ1n) is 5.09. The largest absolute Gasteiger partial charge is 0.354 e. The average Bonchev–Trinajstić information content (AvgIpc) is 2.63. The number of benzene rings is 1. The number of amides is 1. The highest BCUT2D eigenvalue weighted by atomic mass is 79.9. The van der Waals surface area contributed by atoms with E-state index in [1.54, 1.807) is 0 Å². The van der Waals surface area contributed by atoms with Gasteiger partial charge in [0, 0.05) is 35.0 Å². The summed E-state index contributed by atoms with van der Waals surface area (Å²) in [5.74, 6) is 0.118. The molecule has 5 heteroatoms. The molecule has 1 saturated heterocycles. The number of halogens is 2. The van der Waals surface area contributed by atoms with E-state index in [9.17, 15) is 4.79 Å². The SMILES string of the molecule is O=C1CC(NCc2ccc(Cl)cc2Br)CN1. The molecule has 0 bridgehead atoms. The lowest BCUT2D eigenvalue weighted by Crippen LogP contribution is -2.30. The lowest BCUT2D eigenvalue weighted by Gasteiger charge is -2.11. The van der Waals surface area contributed by atoms with E-state index >= 15 is 0 Å². The molecule has 1 atom stereocenters. The van der Waals surface area contributed by atoms with Crippen LogP contribution >= 0.6 is 27.5 Å². The summed E-state index contributed by atoms with van der Waals surface area (Å²) in [5, 5.41) is 6.84. The van der Waals surface area contributed by atoms with Gasteiger partial charge in [0.15, 0.2) is 0 Å². The van der Waals surface area contributed by atoms with Gasteiger partial charge >= 0.3 is 0 Å². The second-order valence-electron chi connectivity index (χ2n) is 3.82. The number of carbonyl (C=O) groups is 1. The molecule has 0 aliphatic carbocycles. The molecule has 3 nitrogen and oxygen atoms in total. The highest BCUT2D eigenvalue weighted by molar-refractivity contribution is 9.10. The predicted octanol–water partition coefficient (Wildman–Crippen LogP) is 2.08. The average molecular weight is 304 g/mol. The summed E-state index contributed by atoms with van der Waals surface area (Å²) in [6, 6.07) is 5.94. The lowest BCUT2D eigenvalue weighted by atomic mass is 10.2. The number of hydrogen-bond acceptors (Lipinski definition) is 2. The van der Waals surface area contributed by atoms with Crippen LogP contribution in [0.1, 0.15) is 12.0 Å². The van der Waals surface area contributed by atoms with Crippen LogP contribution in [0.4, 0.5) is 0 Å². The first-order valence-corrected chi connectivity index (χ1v) is 6.26. The minimum Gasteiger partial charge on any atom is -0.354 e. The molecule has 1 aromatic carbocycles. The molecule has 1 unspecified atom stereocenters. The zero-order valence-electron chi connectivity index (χ0n) is 8.59. The molecule has 86 valence electrons. The van der Waals surface area contributed by atoms with Crippen molar-refractivity contribution in [3.05, 3.63) is 33.3 Å². The predicted molar refractivity (Wildman–Crippen MR) is 67.4 cm³/mol. The molecular formula is C11H12BrClN2O. The van der Waals surface area contributed by atoms with Crippen LogP contribution in [-0.4, -0.2) is 18.5 Å². The third-order valence-electron chi connectivity index (χ3n) is 2.57. The zero-order valence-corrected chi connectivity index (χ0v) is 10.9. The van der Waals surface area contributed by atoms with E-state index in [0.717, 1.165) is 16.6 Å². The summed E-state index contributed by atoms with van der Waals surface area (Å²) in [6.45, 7) is 1.45. The monoisotopic (exact) mass is 302 g/mol. The van der Waals surface area contributed by atoms with Gasteiger partial charge in [-0.3, -0.25) is 4.79 Å². The molecule has 1 aromatic rings. The molecule has 0 radical (unpaired) electrons. The minimum atomic E-state index is 0.118. The molecular weight excluding hydrogens is 291 g/mol. The molecule has 1 aliphatic rings. The third-order valence-corrected chi connectivity index (χ3v) is 3.55. The van der Waals surface area contributed by atoms with Gasteiger partial charge in [-0.25, -0.2) is 0 Å². The van der Waals surface area contributed by atoms with Crippen LogP contribution in [-0.2, 0) is 11.3 Å². The Balaban J connectivity index is 1.92. The topological polar surface area (TPSA) is 41.1 Å². The van der Waals surface area contributed by atoms with Crippen molar-refractivity contribution in [1.82, 2.24) is 10.6 Å². The molecule has 2 N–H and O–H groups in total.